The highest BCUT2D eigenvalue weighted by molar-refractivity contribution is 5.83. The molecule has 1 aliphatic carbocycles. The van der Waals surface area contributed by atoms with E-state index in [4.69, 9.17) is 15.2 Å². The summed E-state index contributed by atoms with van der Waals surface area (Å²) in [6, 6.07) is 7.09. The van der Waals surface area contributed by atoms with Crippen molar-refractivity contribution >= 4 is 22.9 Å². The summed E-state index contributed by atoms with van der Waals surface area (Å²) >= 11 is 0. The second-order valence-electron chi connectivity index (χ2n) is 8.66. The van der Waals surface area contributed by atoms with Crippen LogP contribution in [0.15, 0.2) is 36.9 Å². The lowest BCUT2D eigenvalue weighted by atomic mass is 10.1. The van der Waals surface area contributed by atoms with Crippen molar-refractivity contribution in [1.29, 1.82) is 0 Å². The highest BCUT2D eigenvalue weighted by atomic mass is 16.5. The van der Waals surface area contributed by atoms with Gasteiger partial charge in [-0.3, -0.25) is 9.36 Å². The van der Waals surface area contributed by atoms with Gasteiger partial charge in [0.2, 0.25) is 0 Å². The smallest absolute Gasteiger partial charge is 0.250 e. The number of hydrogen-bond acceptors (Lipinski definition) is 9. The fraction of sp³-hybridized carbons (Fsp3) is 0.478. The lowest BCUT2D eigenvalue weighted by Crippen LogP contribution is -2.46. The third-order valence-electron chi connectivity index (χ3n) is 6.47. The van der Waals surface area contributed by atoms with Crippen LogP contribution in [0.3, 0.4) is 0 Å². The molecule has 1 saturated heterocycles. The van der Waals surface area contributed by atoms with Crippen molar-refractivity contribution in [3.8, 4) is 5.75 Å². The van der Waals surface area contributed by atoms with Gasteiger partial charge in [-0.2, -0.15) is 0 Å². The maximum atomic E-state index is 12.1. The van der Waals surface area contributed by atoms with Gasteiger partial charge in [-0.1, -0.05) is 18.2 Å². The number of imidazole rings is 1. The number of nitrogens with two attached hydrogens (primary N) is 1. The Morgan fingerprint density at radius 2 is 2.06 bits per heavy atom. The summed E-state index contributed by atoms with van der Waals surface area (Å²) in [5.41, 5.74) is 8.03. The number of aliphatic hydroxyl groups is 1. The van der Waals surface area contributed by atoms with Gasteiger partial charge in [0, 0.05) is 19.2 Å². The quantitative estimate of drug-likeness (QED) is 0.400. The Morgan fingerprint density at radius 1 is 1.26 bits per heavy atom. The van der Waals surface area contributed by atoms with Gasteiger partial charge in [0.05, 0.1) is 18.5 Å². The van der Waals surface area contributed by atoms with Crippen molar-refractivity contribution in [2.24, 2.45) is 5.73 Å². The monoisotopic (exact) mass is 467 g/mol. The molecule has 1 aromatic carbocycles. The molecule has 0 bridgehead atoms. The summed E-state index contributed by atoms with van der Waals surface area (Å²) in [5, 5.41) is 16.5. The van der Waals surface area contributed by atoms with Crippen LogP contribution >= 0.6 is 0 Å². The van der Waals surface area contributed by atoms with Gasteiger partial charge in [-0.25, -0.2) is 15.0 Å². The van der Waals surface area contributed by atoms with E-state index in [1.54, 1.807) is 4.57 Å². The summed E-state index contributed by atoms with van der Waals surface area (Å²) in [6.45, 7) is 0.494. The number of carbonyl (C=O) groups excluding carboxylic acids is 1. The Labute approximate surface area is 196 Å². The third-order valence-corrected chi connectivity index (χ3v) is 6.47. The zero-order valence-electron chi connectivity index (χ0n) is 18.9. The first kappa shape index (κ1) is 22.5. The second kappa shape index (κ2) is 9.53. The Morgan fingerprint density at radius 3 is 2.85 bits per heavy atom. The molecule has 5 N–H and O–H groups in total. The second-order valence-corrected chi connectivity index (χ2v) is 8.66. The van der Waals surface area contributed by atoms with Gasteiger partial charge in [0.25, 0.3) is 5.91 Å². The molecule has 2 fully saturated rings. The normalized spacial score (nSPS) is 25.0. The summed E-state index contributed by atoms with van der Waals surface area (Å²) in [5.74, 6) is 1.02. The van der Waals surface area contributed by atoms with Crippen LogP contribution in [0.5, 0.6) is 5.75 Å². The van der Waals surface area contributed by atoms with Crippen LogP contribution in [0.4, 0.5) is 5.82 Å². The molecule has 2 aliphatic rings. The van der Waals surface area contributed by atoms with Crippen LogP contribution in [-0.2, 0) is 16.1 Å². The van der Waals surface area contributed by atoms with Crippen LogP contribution in [0.1, 0.15) is 37.5 Å². The molecule has 0 radical (unpaired) electrons. The molecule has 0 unspecified atom stereocenters. The fourth-order valence-corrected chi connectivity index (χ4v) is 4.60. The minimum absolute atomic E-state index is 0.269. The highest BCUT2D eigenvalue weighted by Gasteiger charge is 2.46. The van der Waals surface area contributed by atoms with Gasteiger partial charge in [-0.15, -0.1) is 0 Å². The number of aromatic nitrogens is 4. The first-order valence-corrected chi connectivity index (χ1v) is 11.5. The Balaban J connectivity index is 1.35. The number of amides is 1. The molecule has 11 heteroatoms. The third kappa shape index (κ3) is 4.17. The maximum absolute atomic E-state index is 12.1. The minimum Gasteiger partial charge on any atom is -0.490 e. The lowest BCUT2D eigenvalue weighted by molar-refractivity contribution is -0.134. The number of para-hydroxylation sites is 1. The summed E-state index contributed by atoms with van der Waals surface area (Å²) in [7, 11) is 1.49. The van der Waals surface area contributed by atoms with Gasteiger partial charge < -0.3 is 30.9 Å². The fourth-order valence-electron chi connectivity index (χ4n) is 4.60. The van der Waals surface area contributed by atoms with Crippen LogP contribution in [-0.4, -0.2) is 61.9 Å². The van der Waals surface area contributed by atoms with Gasteiger partial charge in [0.1, 0.15) is 18.2 Å². The van der Waals surface area contributed by atoms with Gasteiger partial charge in [0.15, 0.2) is 29.3 Å². The molecule has 3 aromatic rings. The first-order chi connectivity index (χ1) is 16.6. The summed E-state index contributed by atoms with van der Waals surface area (Å²) in [6.07, 6.45) is 4.81. The first-order valence-electron chi connectivity index (χ1n) is 11.5. The summed E-state index contributed by atoms with van der Waals surface area (Å²) in [4.78, 5) is 25.2. The zero-order chi connectivity index (χ0) is 23.7. The van der Waals surface area contributed by atoms with Crippen molar-refractivity contribution < 1.29 is 19.4 Å². The molecule has 4 atom stereocenters. The molecule has 3 heterocycles. The highest BCUT2D eigenvalue weighted by Crippen LogP contribution is 2.32. The zero-order valence-corrected chi connectivity index (χ0v) is 18.9. The minimum atomic E-state index is -1.11. The van der Waals surface area contributed by atoms with Crippen molar-refractivity contribution in [1.82, 2.24) is 24.8 Å². The van der Waals surface area contributed by atoms with E-state index in [-0.39, 0.29) is 6.10 Å². The van der Waals surface area contributed by atoms with E-state index in [0.29, 0.717) is 23.5 Å². The van der Waals surface area contributed by atoms with Crippen molar-refractivity contribution in [2.75, 3.05) is 12.4 Å². The molecule has 5 rings (SSSR count). The predicted molar refractivity (Wildman–Crippen MR) is 124 cm³/mol. The molecule has 2 aromatic heterocycles. The molecule has 1 aliphatic heterocycles. The topological polar surface area (TPSA) is 149 Å². The standard InChI is InChI=1S/C23H29N7O4/c1-25-22(32)19-16(24)18(31)23(34-19)30-12-29-17-20(27-11-28-21(17)30)26-10-13-6-2-5-9-15(13)33-14-7-3-4-8-14/h2,5-6,9,11-12,14,16,18-19,23,31H,3-4,7-8,10,24H2,1H3,(H,25,32)(H,26,27,28)/t16-,18+,19-,23+/m0/s1. The number of rotatable bonds is 7. The maximum Gasteiger partial charge on any atom is 0.250 e. The largest absolute Gasteiger partial charge is 0.490 e. The van der Waals surface area contributed by atoms with Crippen LogP contribution in [0.25, 0.3) is 11.2 Å². The van der Waals surface area contributed by atoms with E-state index in [2.05, 4.69) is 25.6 Å². The van der Waals surface area contributed by atoms with Crippen molar-refractivity contribution in [2.45, 2.75) is 62.8 Å². The number of fused-ring (bicyclic) bond motifs is 1. The molecule has 0 spiro atoms. The van der Waals surface area contributed by atoms with Crippen LogP contribution < -0.4 is 21.1 Å². The van der Waals surface area contributed by atoms with E-state index < -0.39 is 30.4 Å². The molecule has 1 saturated carbocycles. The summed E-state index contributed by atoms with van der Waals surface area (Å²) < 4.78 is 13.6. The number of hydrogen-bond donors (Lipinski definition) is 4. The van der Waals surface area contributed by atoms with E-state index in [9.17, 15) is 9.90 Å². The lowest BCUT2D eigenvalue weighted by Gasteiger charge is -2.17. The van der Waals surface area contributed by atoms with E-state index in [1.807, 2.05) is 24.3 Å². The Hall–Kier alpha value is -3.28. The molecular weight excluding hydrogens is 438 g/mol. The van der Waals surface area contributed by atoms with Crippen LogP contribution in [0, 0.1) is 0 Å². The van der Waals surface area contributed by atoms with E-state index in [1.165, 1.54) is 32.5 Å². The number of benzene rings is 1. The molecule has 1 amide bonds. The SMILES string of the molecule is CNC(=O)[C@H]1O[C@@H](n2cnc3c(NCc4ccccc4OC4CCCC4)ncnc32)[C@H](O)[C@@H]1N. The number of carbonyl (C=O) groups is 1. The Bertz CT molecular complexity index is 1160. The average molecular weight is 468 g/mol. The van der Waals surface area contributed by atoms with Gasteiger partial charge >= 0.3 is 0 Å². The van der Waals surface area contributed by atoms with E-state index in [0.717, 1.165) is 24.2 Å². The number of aliphatic hydroxyl groups excluding tert-OH is 1. The van der Waals surface area contributed by atoms with Crippen molar-refractivity contribution in [3.05, 3.63) is 42.5 Å². The predicted octanol–water partition coefficient (Wildman–Crippen LogP) is 1.09. The number of ether oxygens (including phenoxy) is 2. The number of nitrogens with one attached hydrogen (secondary N) is 2. The van der Waals surface area contributed by atoms with Crippen LogP contribution in [0.2, 0.25) is 0 Å². The molecular formula is C23H29N7O4. The number of nitrogens with zero attached hydrogens (tertiary/aromatic N) is 4. The average Bonchev–Trinajstić information content (AvgIpc) is 3.59. The number of anilines is 1. The Kier molecular flexibility index (Phi) is 6.31. The molecule has 11 nitrogen and oxygen atoms in total. The number of likely N-dealkylation sites (N-methyl/N-ethyl adjacent to an activating group) is 1. The molecule has 34 heavy (non-hydrogen) atoms. The van der Waals surface area contributed by atoms with Crippen molar-refractivity contribution in [3.63, 3.8) is 0 Å². The molecule has 180 valence electrons. The van der Waals surface area contributed by atoms with Gasteiger partial charge in [-0.05, 0) is 31.7 Å². The van der Waals surface area contributed by atoms with E-state index >= 15 is 0 Å².